The van der Waals surface area contributed by atoms with E-state index < -0.39 is 11.8 Å². The zero-order valence-corrected chi connectivity index (χ0v) is 35.7. The molecule has 0 fully saturated rings. The van der Waals surface area contributed by atoms with E-state index in [-0.39, 0.29) is 38.1 Å². The first-order valence-electron chi connectivity index (χ1n) is 22.2. The number of imide groups is 2. The number of amides is 4. The Morgan fingerprint density at radius 2 is 0.703 bits per heavy atom. The smallest absolute Gasteiger partial charge is 0.261 e. The van der Waals surface area contributed by atoms with E-state index >= 15 is 0 Å². The lowest BCUT2D eigenvalue weighted by atomic mass is 9.72. The van der Waals surface area contributed by atoms with Crippen molar-refractivity contribution in [3.8, 4) is 56.0 Å². The predicted octanol–water partition coefficient (Wildman–Crippen LogP) is 7.64. The molecule has 0 unspecified atom stereocenters. The number of aliphatic hydroxyl groups excluding tert-OH is 2. The lowest BCUT2D eigenvalue weighted by molar-refractivity contribution is 0.0560. The summed E-state index contributed by atoms with van der Waals surface area (Å²) in [4.78, 5) is 61.9. The lowest BCUT2D eigenvalue weighted by Gasteiger charge is -2.31. The van der Waals surface area contributed by atoms with Crippen LogP contribution in [0.4, 0.5) is 0 Å². The van der Waals surface area contributed by atoms with Crippen LogP contribution in [0.3, 0.4) is 0 Å². The summed E-state index contributed by atoms with van der Waals surface area (Å²) in [5.74, 6) is -0.0577. The van der Waals surface area contributed by atoms with Crippen LogP contribution in [0.15, 0.2) is 72.8 Å². The van der Waals surface area contributed by atoms with Gasteiger partial charge in [0, 0.05) is 13.1 Å². The molecule has 4 aliphatic carbocycles. The Hall–Kier alpha value is -6.88. The average molecular weight is 849 g/mol. The number of benzene rings is 6. The average Bonchev–Trinajstić information content (AvgIpc) is 3.74. The van der Waals surface area contributed by atoms with Crippen LogP contribution >= 0.6 is 0 Å². The number of methoxy groups -OCH3 is 2. The van der Waals surface area contributed by atoms with Gasteiger partial charge in [-0.3, -0.25) is 29.0 Å². The second kappa shape index (κ2) is 14.3. The van der Waals surface area contributed by atoms with E-state index in [1.54, 1.807) is 14.2 Å². The van der Waals surface area contributed by atoms with Gasteiger partial charge in [0.05, 0.1) is 49.7 Å². The van der Waals surface area contributed by atoms with Crippen molar-refractivity contribution in [2.24, 2.45) is 0 Å². The summed E-state index contributed by atoms with van der Waals surface area (Å²) in [7, 11) is 3.31. The third-order valence-electron chi connectivity index (χ3n) is 14.8. The molecule has 2 N–H and O–H groups in total. The van der Waals surface area contributed by atoms with Gasteiger partial charge in [0.15, 0.2) is 0 Å². The summed E-state index contributed by atoms with van der Waals surface area (Å²) in [6.45, 7) is -0.429. The van der Waals surface area contributed by atoms with Crippen molar-refractivity contribution in [1.82, 2.24) is 9.80 Å². The highest BCUT2D eigenvalue weighted by molar-refractivity contribution is 6.26. The molecule has 6 aliphatic rings. The zero-order chi connectivity index (χ0) is 43.7. The second-order valence-corrected chi connectivity index (χ2v) is 17.8. The van der Waals surface area contributed by atoms with E-state index in [9.17, 15) is 29.4 Å². The molecule has 12 rings (SSSR count). The Labute approximate surface area is 369 Å². The minimum Gasteiger partial charge on any atom is -0.497 e. The van der Waals surface area contributed by atoms with Gasteiger partial charge in [-0.15, -0.1) is 0 Å². The largest absolute Gasteiger partial charge is 0.497 e. The first kappa shape index (κ1) is 38.8. The molecule has 0 radical (unpaired) electrons. The molecule has 2 heterocycles. The molecule has 6 aromatic carbocycles. The third-order valence-corrected chi connectivity index (χ3v) is 14.8. The maximum atomic E-state index is 14.8. The SMILES string of the molecule is COc1ccc2c(c1)CCc1c3c(c4c(c1-2)-c1ccc(OC)cc1CC4)C(=O)N(CCN1C(=O)c2c4c(c5c(c2C1=O)CCc1cc(CO)ccc1-5)-c1ccc(CO)cc1CC4)C3=O. The highest BCUT2D eigenvalue weighted by Gasteiger charge is 2.47. The molecule has 6 aromatic rings. The molecule has 2 aliphatic heterocycles. The van der Waals surface area contributed by atoms with Gasteiger partial charge >= 0.3 is 0 Å². The standard InChI is InChI=1S/C54H44N2O8/c1-63-33-9-17-37-31(23-33)7-15-41-45(37)46-38-18-10-34(64-2)24-32(38)8-16-42(46)50-49(41)53(61)56(54(50)62)20-19-55-51(59)47-39-13-5-29-21-27(25-57)3-11-35(29)43(39)44-36-12-4-28(26-58)22-30(36)6-14-40(44)48(47)52(55)60/h3-4,9-12,17-18,21-24,57-58H,5-8,13-16,19-20,25-26H2,1-2H3. The Morgan fingerprint density at radius 1 is 0.406 bits per heavy atom. The molecule has 0 atom stereocenters. The van der Waals surface area contributed by atoms with Crippen LogP contribution in [0.1, 0.15) is 97.1 Å². The molecule has 10 nitrogen and oxygen atoms in total. The van der Waals surface area contributed by atoms with Crippen molar-refractivity contribution in [1.29, 1.82) is 0 Å². The Balaban J connectivity index is 0.945. The number of ether oxygens (including phenoxy) is 2. The summed E-state index contributed by atoms with van der Waals surface area (Å²) < 4.78 is 11.2. The van der Waals surface area contributed by atoms with E-state index in [2.05, 4.69) is 24.3 Å². The molecule has 10 heteroatoms. The minimum absolute atomic E-state index is 0.0809. The van der Waals surface area contributed by atoms with Crippen LogP contribution in [0.2, 0.25) is 0 Å². The number of hydrogen-bond donors (Lipinski definition) is 2. The summed E-state index contributed by atoms with van der Waals surface area (Å²) in [6, 6.07) is 24.0. The molecule has 0 saturated carbocycles. The van der Waals surface area contributed by atoms with Crippen LogP contribution < -0.4 is 9.47 Å². The number of fused-ring (bicyclic) bond motifs is 20. The fourth-order valence-electron chi connectivity index (χ4n) is 11.9. The van der Waals surface area contributed by atoms with Gasteiger partial charge in [0.1, 0.15) is 11.5 Å². The van der Waals surface area contributed by atoms with Crippen LogP contribution in [-0.4, -0.2) is 71.0 Å². The van der Waals surface area contributed by atoms with Crippen LogP contribution in [0, 0.1) is 0 Å². The van der Waals surface area contributed by atoms with Crippen LogP contribution in [-0.2, 0) is 64.6 Å². The maximum absolute atomic E-state index is 14.8. The van der Waals surface area contributed by atoms with Crippen molar-refractivity contribution in [2.75, 3.05) is 27.3 Å². The van der Waals surface area contributed by atoms with Crippen molar-refractivity contribution in [2.45, 2.75) is 64.6 Å². The van der Waals surface area contributed by atoms with Crippen LogP contribution in [0.5, 0.6) is 11.5 Å². The fraction of sp³-hybridized carbons (Fsp3) is 0.259. The van der Waals surface area contributed by atoms with Crippen molar-refractivity contribution < 1.29 is 38.9 Å². The van der Waals surface area contributed by atoms with Crippen molar-refractivity contribution >= 4 is 23.6 Å². The molecule has 0 saturated heterocycles. The molecular formula is C54H44N2O8. The summed E-state index contributed by atoms with van der Waals surface area (Å²) in [5, 5.41) is 20.0. The first-order chi connectivity index (χ1) is 31.2. The van der Waals surface area contributed by atoms with Gasteiger partial charge in [0.25, 0.3) is 23.6 Å². The van der Waals surface area contributed by atoms with Gasteiger partial charge < -0.3 is 19.7 Å². The third kappa shape index (κ3) is 5.33. The van der Waals surface area contributed by atoms with Gasteiger partial charge in [-0.2, -0.15) is 0 Å². The highest BCUT2D eigenvalue weighted by atomic mass is 16.5. The number of aliphatic hydroxyl groups is 2. The summed E-state index contributed by atoms with van der Waals surface area (Å²) in [6.07, 6.45) is 4.81. The van der Waals surface area contributed by atoms with Gasteiger partial charge in [-0.1, -0.05) is 48.5 Å². The zero-order valence-electron chi connectivity index (χ0n) is 35.7. The van der Waals surface area contributed by atoms with Gasteiger partial charge in [-0.05, 0) is 176 Å². The van der Waals surface area contributed by atoms with E-state index in [0.717, 1.165) is 112 Å². The van der Waals surface area contributed by atoms with E-state index in [1.165, 1.54) is 9.80 Å². The predicted molar refractivity (Wildman–Crippen MR) is 240 cm³/mol. The number of aryl methyl sites for hydroxylation is 4. The minimum atomic E-state index is -0.402. The molecule has 64 heavy (non-hydrogen) atoms. The lowest BCUT2D eigenvalue weighted by Crippen LogP contribution is -2.40. The van der Waals surface area contributed by atoms with Crippen molar-refractivity contribution in [3.05, 3.63) is 151 Å². The second-order valence-electron chi connectivity index (χ2n) is 17.8. The topological polar surface area (TPSA) is 134 Å². The maximum Gasteiger partial charge on any atom is 0.261 e. The molecule has 0 spiro atoms. The Kier molecular flexibility index (Phi) is 8.67. The Morgan fingerprint density at radius 3 is 1.00 bits per heavy atom. The fourth-order valence-corrected chi connectivity index (χ4v) is 11.9. The van der Waals surface area contributed by atoms with E-state index in [1.807, 2.05) is 48.5 Å². The Bertz CT molecular complexity index is 2750. The van der Waals surface area contributed by atoms with Gasteiger partial charge in [0.2, 0.25) is 0 Å². The van der Waals surface area contributed by atoms with Crippen molar-refractivity contribution in [3.63, 3.8) is 0 Å². The monoisotopic (exact) mass is 848 g/mol. The summed E-state index contributed by atoms with van der Waals surface area (Å²) in [5.41, 5.74) is 18.9. The molecule has 0 aromatic heterocycles. The quantitative estimate of drug-likeness (QED) is 0.157. The molecule has 0 bridgehead atoms. The number of carbonyl (C=O) groups is 4. The summed E-state index contributed by atoms with van der Waals surface area (Å²) >= 11 is 0. The normalized spacial score (nSPS) is 15.9. The van der Waals surface area contributed by atoms with E-state index in [0.29, 0.717) is 73.6 Å². The van der Waals surface area contributed by atoms with Gasteiger partial charge in [-0.25, -0.2) is 0 Å². The molecule has 318 valence electrons. The molecular weight excluding hydrogens is 805 g/mol. The van der Waals surface area contributed by atoms with Crippen LogP contribution in [0.25, 0.3) is 44.5 Å². The highest BCUT2D eigenvalue weighted by Crippen LogP contribution is 2.53. The number of carbonyl (C=O) groups excluding carboxylic acids is 4. The first-order valence-corrected chi connectivity index (χ1v) is 22.2. The number of hydrogen-bond acceptors (Lipinski definition) is 8. The number of rotatable bonds is 7. The number of nitrogens with zero attached hydrogens (tertiary/aromatic N) is 2. The molecule has 4 amide bonds. The van der Waals surface area contributed by atoms with E-state index in [4.69, 9.17) is 9.47 Å².